The first-order valence-electron chi connectivity index (χ1n) is 7.99. The van der Waals surface area contributed by atoms with Crippen molar-refractivity contribution >= 4 is 11.0 Å². The number of H-pyrrole nitrogens is 1. The highest BCUT2D eigenvalue weighted by Gasteiger charge is 2.10. The number of aromatic nitrogens is 2. The van der Waals surface area contributed by atoms with Crippen LogP contribution in [-0.2, 0) is 6.54 Å². The molecule has 0 radical (unpaired) electrons. The van der Waals surface area contributed by atoms with E-state index in [-0.39, 0.29) is 0 Å². The van der Waals surface area contributed by atoms with Crippen molar-refractivity contribution in [3.63, 3.8) is 0 Å². The molecule has 3 aromatic rings. The molecule has 1 N–H and O–H groups in total. The quantitative estimate of drug-likeness (QED) is 0.727. The first kappa shape index (κ1) is 14.8. The minimum Gasteiger partial charge on any atom is -0.338 e. The summed E-state index contributed by atoms with van der Waals surface area (Å²) in [5.74, 6) is 0.959. The lowest BCUT2D eigenvalue weighted by molar-refractivity contribution is 0.321. The van der Waals surface area contributed by atoms with E-state index in [1.807, 2.05) is 18.2 Å². The molecule has 114 valence electrons. The van der Waals surface area contributed by atoms with Gasteiger partial charge >= 0.3 is 0 Å². The highest BCUT2D eigenvalue weighted by Crippen LogP contribution is 2.24. The number of aromatic amines is 1. The average Bonchev–Trinajstić information content (AvgIpc) is 2.97. The molecule has 22 heavy (non-hydrogen) atoms. The van der Waals surface area contributed by atoms with Crippen molar-refractivity contribution in [1.29, 1.82) is 0 Å². The van der Waals surface area contributed by atoms with Crippen molar-refractivity contribution in [1.82, 2.24) is 14.9 Å². The van der Waals surface area contributed by atoms with Crippen molar-refractivity contribution < 1.29 is 0 Å². The lowest BCUT2D eigenvalue weighted by Crippen LogP contribution is -2.19. The number of imidazole rings is 1. The number of para-hydroxylation sites is 2. The Morgan fingerprint density at radius 2 is 1.82 bits per heavy atom. The normalized spacial score (nSPS) is 11.4. The summed E-state index contributed by atoms with van der Waals surface area (Å²) in [6, 6.07) is 16.7. The maximum atomic E-state index is 4.74. The van der Waals surface area contributed by atoms with Crippen LogP contribution in [0.5, 0.6) is 0 Å². The summed E-state index contributed by atoms with van der Waals surface area (Å²) in [6.45, 7) is 4.31. The molecule has 0 atom stereocenters. The number of benzene rings is 2. The van der Waals surface area contributed by atoms with E-state index in [2.05, 4.69) is 54.2 Å². The zero-order chi connectivity index (χ0) is 15.4. The van der Waals surface area contributed by atoms with Crippen LogP contribution in [0.3, 0.4) is 0 Å². The predicted molar refractivity (Wildman–Crippen MR) is 92.8 cm³/mol. The minimum absolute atomic E-state index is 0.952. The van der Waals surface area contributed by atoms with E-state index in [1.54, 1.807) is 0 Å². The molecule has 0 bridgehead atoms. The number of nitrogens with zero attached hydrogens (tertiary/aromatic N) is 2. The van der Waals surface area contributed by atoms with Gasteiger partial charge in [0, 0.05) is 12.1 Å². The summed E-state index contributed by atoms with van der Waals surface area (Å²) < 4.78 is 0. The summed E-state index contributed by atoms with van der Waals surface area (Å²) in [5.41, 5.74) is 4.63. The Morgan fingerprint density at radius 1 is 1.05 bits per heavy atom. The molecule has 0 aliphatic carbocycles. The molecule has 0 unspecified atom stereocenters. The maximum absolute atomic E-state index is 4.74. The highest BCUT2D eigenvalue weighted by molar-refractivity contribution is 5.79. The van der Waals surface area contributed by atoms with Crippen LogP contribution in [0.25, 0.3) is 22.4 Å². The molecule has 2 aromatic carbocycles. The number of hydrogen-bond acceptors (Lipinski definition) is 2. The zero-order valence-electron chi connectivity index (χ0n) is 13.3. The summed E-state index contributed by atoms with van der Waals surface area (Å²) in [5, 5.41) is 0. The maximum Gasteiger partial charge on any atom is 0.138 e. The van der Waals surface area contributed by atoms with Gasteiger partial charge in [-0.15, -0.1) is 0 Å². The summed E-state index contributed by atoms with van der Waals surface area (Å²) in [7, 11) is 2.19. The summed E-state index contributed by atoms with van der Waals surface area (Å²) in [6.07, 6.45) is 2.47. The van der Waals surface area contributed by atoms with Crippen LogP contribution in [0.1, 0.15) is 25.3 Å². The van der Waals surface area contributed by atoms with Crippen molar-refractivity contribution in [2.24, 2.45) is 0 Å². The number of unbranched alkanes of at least 4 members (excludes halogenated alkanes) is 1. The molecular formula is C19H23N3. The third-order valence-electron chi connectivity index (χ3n) is 4.00. The van der Waals surface area contributed by atoms with Crippen LogP contribution in [0.15, 0.2) is 48.5 Å². The molecule has 1 heterocycles. The van der Waals surface area contributed by atoms with E-state index in [0.29, 0.717) is 0 Å². The van der Waals surface area contributed by atoms with Crippen LogP contribution >= 0.6 is 0 Å². The van der Waals surface area contributed by atoms with E-state index in [9.17, 15) is 0 Å². The second kappa shape index (κ2) is 6.75. The molecule has 1 aromatic heterocycles. The molecule has 0 amide bonds. The van der Waals surface area contributed by atoms with E-state index in [0.717, 1.165) is 29.9 Å². The third-order valence-corrected chi connectivity index (χ3v) is 4.00. The Hall–Kier alpha value is -2.13. The van der Waals surface area contributed by atoms with E-state index >= 15 is 0 Å². The smallest absolute Gasteiger partial charge is 0.138 e. The number of nitrogens with one attached hydrogen (secondary N) is 1. The largest absolute Gasteiger partial charge is 0.338 e. The van der Waals surface area contributed by atoms with Gasteiger partial charge in [0.1, 0.15) is 5.82 Å². The summed E-state index contributed by atoms with van der Waals surface area (Å²) in [4.78, 5) is 10.6. The van der Waals surface area contributed by atoms with Crippen molar-refractivity contribution in [2.45, 2.75) is 26.3 Å². The lowest BCUT2D eigenvalue weighted by atomic mass is 10.1. The van der Waals surface area contributed by atoms with Gasteiger partial charge in [0.25, 0.3) is 0 Å². The van der Waals surface area contributed by atoms with Gasteiger partial charge < -0.3 is 9.88 Å². The Kier molecular flexibility index (Phi) is 4.54. The van der Waals surface area contributed by atoms with Crippen LogP contribution in [0.2, 0.25) is 0 Å². The van der Waals surface area contributed by atoms with Gasteiger partial charge in [-0.3, -0.25) is 0 Å². The van der Waals surface area contributed by atoms with Crippen LogP contribution in [0.4, 0.5) is 0 Å². The van der Waals surface area contributed by atoms with Gasteiger partial charge in [0.05, 0.1) is 11.0 Å². The fourth-order valence-electron chi connectivity index (χ4n) is 2.77. The number of rotatable bonds is 6. The molecule has 0 spiro atoms. The van der Waals surface area contributed by atoms with Crippen LogP contribution < -0.4 is 0 Å². The van der Waals surface area contributed by atoms with Gasteiger partial charge in [-0.1, -0.05) is 49.7 Å². The number of fused-ring (bicyclic) bond motifs is 1. The number of hydrogen-bond donors (Lipinski definition) is 1. The van der Waals surface area contributed by atoms with Crippen molar-refractivity contribution in [3.05, 3.63) is 54.1 Å². The van der Waals surface area contributed by atoms with Crippen LogP contribution in [0, 0.1) is 0 Å². The molecule has 3 nitrogen and oxygen atoms in total. The third kappa shape index (κ3) is 3.20. The van der Waals surface area contributed by atoms with Gasteiger partial charge in [-0.05, 0) is 37.7 Å². The summed E-state index contributed by atoms with van der Waals surface area (Å²) >= 11 is 0. The molecule has 3 heteroatoms. The van der Waals surface area contributed by atoms with Crippen molar-refractivity contribution in [2.75, 3.05) is 13.6 Å². The zero-order valence-corrected chi connectivity index (χ0v) is 13.3. The van der Waals surface area contributed by atoms with Crippen LogP contribution in [-0.4, -0.2) is 28.5 Å². The van der Waals surface area contributed by atoms with E-state index in [4.69, 9.17) is 4.98 Å². The van der Waals surface area contributed by atoms with Gasteiger partial charge in [0.15, 0.2) is 0 Å². The molecule has 0 saturated carbocycles. The molecule has 0 saturated heterocycles. The average molecular weight is 293 g/mol. The standard InChI is InChI=1S/C19H23N3/c1-3-4-13-22(2)14-15-9-5-6-10-16(15)19-20-17-11-7-8-12-18(17)21-19/h5-12H,3-4,13-14H2,1-2H3,(H,20,21). The second-order valence-corrected chi connectivity index (χ2v) is 5.85. The van der Waals surface area contributed by atoms with E-state index < -0.39 is 0 Å². The first-order valence-corrected chi connectivity index (χ1v) is 7.99. The topological polar surface area (TPSA) is 31.9 Å². The molecule has 0 aliphatic heterocycles. The van der Waals surface area contributed by atoms with Gasteiger partial charge in [-0.25, -0.2) is 4.98 Å². The second-order valence-electron chi connectivity index (χ2n) is 5.85. The molecule has 3 rings (SSSR count). The minimum atomic E-state index is 0.952. The highest BCUT2D eigenvalue weighted by atomic mass is 15.1. The molecular weight excluding hydrogens is 270 g/mol. The Morgan fingerprint density at radius 3 is 2.64 bits per heavy atom. The fourth-order valence-corrected chi connectivity index (χ4v) is 2.77. The monoisotopic (exact) mass is 293 g/mol. The predicted octanol–water partition coefficient (Wildman–Crippen LogP) is 4.46. The lowest BCUT2D eigenvalue weighted by Gasteiger charge is -2.17. The Bertz CT molecular complexity index is 712. The molecule has 0 fully saturated rings. The first-order chi connectivity index (χ1) is 10.8. The van der Waals surface area contributed by atoms with Gasteiger partial charge in [0.2, 0.25) is 0 Å². The fraction of sp³-hybridized carbons (Fsp3) is 0.316. The SMILES string of the molecule is CCCCN(C)Cc1ccccc1-c1nc2ccccc2[nH]1. The Balaban J connectivity index is 1.90. The van der Waals surface area contributed by atoms with Crippen molar-refractivity contribution in [3.8, 4) is 11.4 Å². The Labute approximate surface area is 132 Å². The van der Waals surface area contributed by atoms with Gasteiger partial charge in [-0.2, -0.15) is 0 Å². The van der Waals surface area contributed by atoms with E-state index in [1.165, 1.54) is 24.0 Å². The molecule has 0 aliphatic rings.